The summed E-state index contributed by atoms with van der Waals surface area (Å²) in [7, 11) is 0. The Balaban J connectivity index is 2.35. The summed E-state index contributed by atoms with van der Waals surface area (Å²) in [5, 5.41) is 8.14. The number of hydrogen-bond donors (Lipinski definition) is 1. The van der Waals surface area contributed by atoms with Crippen LogP contribution >= 0.6 is 11.6 Å². The lowest BCUT2D eigenvalue weighted by molar-refractivity contribution is -0.274. The second-order valence-electron chi connectivity index (χ2n) is 4.29. The molecule has 0 aliphatic heterocycles. The third-order valence-electron chi connectivity index (χ3n) is 2.70. The number of alkyl halides is 3. The van der Waals surface area contributed by atoms with Crippen LogP contribution in [0, 0.1) is 0 Å². The second kappa shape index (κ2) is 7.15. The molecule has 120 valence electrons. The van der Waals surface area contributed by atoms with Gasteiger partial charge in [-0.25, -0.2) is 0 Å². The molecule has 0 fully saturated rings. The van der Waals surface area contributed by atoms with Gasteiger partial charge in [0.25, 0.3) is 0 Å². The van der Waals surface area contributed by atoms with Gasteiger partial charge in [-0.1, -0.05) is 23.7 Å². The number of hydrogen-bond acceptors (Lipinski definition) is 3. The smallest absolute Gasteiger partial charge is 0.406 e. The lowest BCUT2D eigenvalue weighted by Crippen LogP contribution is -2.17. The van der Waals surface area contributed by atoms with Crippen LogP contribution in [0.25, 0.3) is 0 Å². The minimum atomic E-state index is -4.74. The van der Waals surface area contributed by atoms with Crippen LogP contribution in [0.5, 0.6) is 5.75 Å². The van der Waals surface area contributed by atoms with Crippen LogP contribution in [-0.2, 0) is 0 Å². The molecule has 2 rings (SSSR count). The largest absolute Gasteiger partial charge is 0.573 e. The molecule has 23 heavy (non-hydrogen) atoms. The van der Waals surface area contributed by atoms with Crippen molar-refractivity contribution < 1.29 is 17.9 Å². The molecule has 0 aliphatic rings. The SMILES string of the molecule is N/C=N/N=C(c1ccc(Cl)cc1)c1ccc(OC(F)(F)F)cc1. The third kappa shape index (κ3) is 5.00. The standard InChI is InChI=1S/C15H11ClF3N3O/c16-12-5-1-10(2-6-12)14(22-21-9-20)11-3-7-13(8-4-11)23-15(17,18)19/h1-9H,(H2,20,21). The van der Waals surface area contributed by atoms with E-state index in [9.17, 15) is 13.2 Å². The number of nitrogens with zero attached hydrogens (tertiary/aromatic N) is 2. The summed E-state index contributed by atoms with van der Waals surface area (Å²) in [6.07, 6.45) is -3.73. The molecule has 0 saturated carbocycles. The van der Waals surface area contributed by atoms with Crippen molar-refractivity contribution >= 4 is 23.7 Å². The van der Waals surface area contributed by atoms with E-state index in [4.69, 9.17) is 17.3 Å². The molecule has 4 nitrogen and oxygen atoms in total. The highest BCUT2D eigenvalue weighted by Crippen LogP contribution is 2.24. The summed E-state index contributed by atoms with van der Waals surface area (Å²) in [4.78, 5) is 0. The molecular weight excluding hydrogens is 331 g/mol. The Hall–Kier alpha value is -2.54. The van der Waals surface area contributed by atoms with Crippen molar-refractivity contribution in [2.75, 3.05) is 0 Å². The molecule has 0 atom stereocenters. The van der Waals surface area contributed by atoms with E-state index in [2.05, 4.69) is 14.9 Å². The van der Waals surface area contributed by atoms with Gasteiger partial charge in [-0.05, 0) is 36.4 Å². The molecule has 0 heterocycles. The Morgan fingerprint density at radius 3 is 2.00 bits per heavy atom. The summed E-state index contributed by atoms with van der Waals surface area (Å²) < 4.78 is 40.4. The van der Waals surface area contributed by atoms with Gasteiger partial charge in [0.15, 0.2) is 0 Å². The van der Waals surface area contributed by atoms with Crippen molar-refractivity contribution in [1.29, 1.82) is 0 Å². The minimum absolute atomic E-state index is 0.320. The number of ether oxygens (including phenoxy) is 1. The monoisotopic (exact) mass is 341 g/mol. The van der Waals surface area contributed by atoms with Crippen LogP contribution in [0.15, 0.2) is 58.7 Å². The molecule has 8 heteroatoms. The maximum atomic E-state index is 12.2. The van der Waals surface area contributed by atoms with E-state index in [-0.39, 0.29) is 5.75 Å². The first-order valence-corrected chi connectivity index (χ1v) is 6.70. The molecule has 0 saturated heterocycles. The maximum Gasteiger partial charge on any atom is 0.573 e. The number of benzene rings is 2. The molecule has 0 radical (unpaired) electrons. The van der Waals surface area contributed by atoms with Gasteiger partial charge in [-0.3, -0.25) is 0 Å². The van der Waals surface area contributed by atoms with Gasteiger partial charge in [-0.15, -0.1) is 23.4 Å². The lowest BCUT2D eigenvalue weighted by Gasteiger charge is -2.10. The fourth-order valence-corrected chi connectivity index (χ4v) is 1.92. The van der Waals surface area contributed by atoms with Crippen molar-refractivity contribution in [3.63, 3.8) is 0 Å². The summed E-state index contributed by atoms with van der Waals surface area (Å²) in [6.45, 7) is 0. The Bertz CT molecular complexity index is 710. The summed E-state index contributed by atoms with van der Waals surface area (Å²) in [6, 6.07) is 12.0. The highest BCUT2D eigenvalue weighted by atomic mass is 35.5. The van der Waals surface area contributed by atoms with E-state index in [1.165, 1.54) is 24.3 Å². The molecule has 0 bridgehead atoms. The van der Waals surface area contributed by atoms with Crippen molar-refractivity contribution in [2.24, 2.45) is 15.9 Å². The fourth-order valence-electron chi connectivity index (χ4n) is 1.80. The fraction of sp³-hybridized carbons (Fsp3) is 0.0667. The van der Waals surface area contributed by atoms with Gasteiger partial charge in [0.05, 0.1) is 0 Å². The lowest BCUT2D eigenvalue weighted by atomic mass is 10.0. The molecule has 0 aromatic heterocycles. The van der Waals surface area contributed by atoms with Crippen LogP contribution in [0.3, 0.4) is 0 Å². The van der Waals surface area contributed by atoms with Crippen molar-refractivity contribution in [1.82, 2.24) is 0 Å². The first-order chi connectivity index (χ1) is 10.9. The van der Waals surface area contributed by atoms with Gasteiger partial charge in [0, 0.05) is 16.1 Å². The molecule has 2 aromatic carbocycles. The van der Waals surface area contributed by atoms with Crippen molar-refractivity contribution in [3.05, 3.63) is 64.7 Å². The van der Waals surface area contributed by atoms with E-state index in [0.717, 1.165) is 6.34 Å². The van der Waals surface area contributed by atoms with Crippen LogP contribution in [0.4, 0.5) is 13.2 Å². The Kier molecular flexibility index (Phi) is 5.23. The van der Waals surface area contributed by atoms with Crippen LogP contribution in [-0.4, -0.2) is 18.4 Å². The van der Waals surface area contributed by atoms with E-state index in [1.807, 2.05) is 0 Å². The van der Waals surface area contributed by atoms with Gasteiger partial charge >= 0.3 is 6.36 Å². The van der Waals surface area contributed by atoms with Crippen molar-refractivity contribution in [2.45, 2.75) is 6.36 Å². The van der Waals surface area contributed by atoms with Crippen LogP contribution in [0.2, 0.25) is 5.02 Å². The minimum Gasteiger partial charge on any atom is -0.406 e. The van der Waals surface area contributed by atoms with E-state index < -0.39 is 6.36 Å². The average Bonchev–Trinajstić information content (AvgIpc) is 2.49. The summed E-state index contributed by atoms with van der Waals surface area (Å²) >= 11 is 5.84. The highest BCUT2D eigenvalue weighted by molar-refractivity contribution is 6.30. The second-order valence-corrected chi connectivity index (χ2v) is 4.73. The Morgan fingerprint density at radius 1 is 1.00 bits per heavy atom. The first kappa shape index (κ1) is 16.8. The Morgan fingerprint density at radius 2 is 1.52 bits per heavy atom. The van der Waals surface area contributed by atoms with Gasteiger partial charge in [-0.2, -0.15) is 0 Å². The number of halogens is 4. The maximum absolute atomic E-state index is 12.2. The van der Waals surface area contributed by atoms with Gasteiger partial charge in [0.1, 0.15) is 17.8 Å². The van der Waals surface area contributed by atoms with Crippen LogP contribution in [0.1, 0.15) is 11.1 Å². The van der Waals surface area contributed by atoms with Gasteiger partial charge < -0.3 is 10.5 Å². The topological polar surface area (TPSA) is 60.0 Å². The molecule has 2 aromatic rings. The molecular formula is C15H11ClF3N3O. The summed E-state index contributed by atoms with van der Waals surface area (Å²) in [5.41, 5.74) is 6.85. The first-order valence-electron chi connectivity index (χ1n) is 6.32. The van der Waals surface area contributed by atoms with Crippen LogP contribution < -0.4 is 10.5 Å². The highest BCUT2D eigenvalue weighted by Gasteiger charge is 2.31. The molecule has 0 amide bonds. The van der Waals surface area contributed by atoms with E-state index >= 15 is 0 Å². The van der Waals surface area contributed by atoms with E-state index in [0.29, 0.717) is 21.9 Å². The van der Waals surface area contributed by atoms with Crippen molar-refractivity contribution in [3.8, 4) is 5.75 Å². The zero-order chi connectivity index (χ0) is 16.9. The number of rotatable bonds is 4. The molecule has 0 spiro atoms. The average molecular weight is 342 g/mol. The molecule has 2 N–H and O–H groups in total. The molecule has 0 unspecified atom stereocenters. The van der Waals surface area contributed by atoms with E-state index in [1.54, 1.807) is 24.3 Å². The van der Waals surface area contributed by atoms with Gasteiger partial charge in [0.2, 0.25) is 0 Å². The predicted octanol–water partition coefficient (Wildman–Crippen LogP) is 3.98. The summed E-state index contributed by atoms with van der Waals surface area (Å²) in [5.74, 6) is -0.320. The molecule has 0 aliphatic carbocycles. The quantitative estimate of drug-likeness (QED) is 0.519. The Labute approximate surface area is 135 Å². The third-order valence-corrected chi connectivity index (χ3v) is 2.96. The number of nitrogens with two attached hydrogens (primary N) is 1. The zero-order valence-electron chi connectivity index (χ0n) is 11.6. The predicted molar refractivity (Wildman–Crippen MR) is 82.9 cm³/mol. The normalized spacial score (nSPS) is 12.6. The zero-order valence-corrected chi connectivity index (χ0v) is 12.3.